The van der Waals surface area contributed by atoms with Crippen LogP contribution in [0.15, 0.2) is 53.1 Å². The molecule has 0 saturated heterocycles. The molecule has 0 saturated carbocycles. The van der Waals surface area contributed by atoms with E-state index in [4.69, 9.17) is 9.15 Å². The van der Waals surface area contributed by atoms with Crippen molar-refractivity contribution in [2.75, 3.05) is 0 Å². The number of furan rings is 1. The number of aromatic nitrogens is 3. The molecule has 0 radical (unpaired) electrons. The van der Waals surface area contributed by atoms with Gasteiger partial charge in [-0.1, -0.05) is 6.07 Å². The lowest BCUT2D eigenvalue weighted by Crippen LogP contribution is -2.03. The first-order valence-corrected chi connectivity index (χ1v) is 7.31. The third-order valence-corrected chi connectivity index (χ3v) is 3.53. The normalized spacial score (nSPS) is 11.1. The molecule has 8 heteroatoms. The second-order valence-electron chi connectivity index (χ2n) is 5.22. The zero-order valence-electron chi connectivity index (χ0n) is 12.7. The SMILES string of the molecule is Oc1cc(COc2cccc(F)c2F)nc2cc(-c3ccco3)nn12. The van der Waals surface area contributed by atoms with E-state index in [9.17, 15) is 13.9 Å². The van der Waals surface area contributed by atoms with Crippen LogP contribution < -0.4 is 4.74 Å². The average Bonchev–Trinajstić information content (AvgIpc) is 3.25. The molecule has 0 bridgehead atoms. The molecule has 0 aliphatic carbocycles. The van der Waals surface area contributed by atoms with Crippen molar-refractivity contribution in [3.63, 3.8) is 0 Å². The van der Waals surface area contributed by atoms with E-state index in [-0.39, 0.29) is 18.2 Å². The van der Waals surface area contributed by atoms with Crippen LogP contribution in [0.5, 0.6) is 11.6 Å². The largest absolute Gasteiger partial charge is 0.493 e. The first kappa shape index (κ1) is 15.1. The Morgan fingerprint density at radius 2 is 2.04 bits per heavy atom. The van der Waals surface area contributed by atoms with Gasteiger partial charge in [-0.15, -0.1) is 0 Å². The first-order chi connectivity index (χ1) is 12.1. The van der Waals surface area contributed by atoms with Crippen LogP contribution >= 0.6 is 0 Å². The van der Waals surface area contributed by atoms with Crippen LogP contribution in [0.25, 0.3) is 17.1 Å². The average molecular weight is 343 g/mol. The number of nitrogens with zero attached hydrogens (tertiary/aromatic N) is 3. The molecule has 0 atom stereocenters. The summed E-state index contributed by atoms with van der Waals surface area (Å²) in [4.78, 5) is 4.29. The number of rotatable bonds is 4. The summed E-state index contributed by atoms with van der Waals surface area (Å²) in [5.74, 6) is -1.93. The smallest absolute Gasteiger partial charge is 0.215 e. The van der Waals surface area contributed by atoms with E-state index in [1.807, 2.05) is 0 Å². The minimum atomic E-state index is -1.07. The van der Waals surface area contributed by atoms with Crippen LogP contribution in [0.2, 0.25) is 0 Å². The van der Waals surface area contributed by atoms with Gasteiger partial charge in [0.1, 0.15) is 12.3 Å². The number of aromatic hydroxyl groups is 1. The zero-order chi connectivity index (χ0) is 17.4. The van der Waals surface area contributed by atoms with E-state index >= 15 is 0 Å². The Labute approximate surface area is 139 Å². The summed E-state index contributed by atoms with van der Waals surface area (Å²) in [5, 5.41) is 14.3. The lowest BCUT2D eigenvalue weighted by molar-refractivity contribution is 0.279. The monoisotopic (exact) mass is 343 g/mol. The number of ether oxygens (including phenoxy) is 1. The summed E-state index contributed by atoms with van der Waals surface area (Å²) in [6, 6.07) is 10.1. The van der Waals surface area contributed by atoms with Crippen LogP contribution in [0.3, 0.4) is 0 Å². The molecule has 0 amide bonds. The number of hydrogen-bond acceptors (Lipinski definition) is 5. The number of fused-ring (bicyclic) bond motifs is 1. The molecule has 0 spiro atoms. The predicted octanol–water partition coefficient (Wildman–Crippen LogP) is 3.55. The summed E-state index contributed by atoms with van der Waals surface area (Å²) in [6.45, 7) is -0.147. The molecule has 6 nitrogen and oxygen atoms in total. The Morgan fingerprint density at radius 3 is 2.84 bits per heavy atom. The van der Waals surface area contributed by atoms with Crippen molar-refractivity contribution < 1.29 is 23.0 Å². The van der Waals surface area contributed by atoms with Gasteiger partial charge in [0, 0.05) is 12.1 Å². The summed E-state index contributed by atoms with van der Waals surface area (Å²) >= 11 is 0. The highest BCUT2D eigenvalue weighted by Crippen LogP contribution is 2.24. The lowest BCUT2D eigenvalue weighted by atomic mass is 10.3. The Morgan fingerprint density at radius 1 is 1.16 bits per heavy atom. The highest BCUT2D eigenvalue weighted by molar-refractivity contribution is 5.59. The molecule has 0 unspecified atom stereocenters. The van der Waals surface area contributed by atoms with Gasteiger partial charge in [0.15, 0.2) is 23.0 Å². The van der Waals surface area contributed by atoms with Gasteiger partial charge in [0.2, 0.25) is 11.7 Å². The fraction of sp³-hybridized carbons (Fsp3) is 0.0588. The molecule has 3 aromatic heterocycles. The fourth-order valence-electron chi connectivity index (χ4n) is 2.37. The summed E-state index contributed by atoms with van der Waals surface area (Å²) < 4.78 is 38.5. The molecule has 1 aromatic carbocycles. The van der Waals surface area contributed by atoms with Crippen molar-refractivity contribution in [1.29, 1.82) is 0 Å². The second-order valence-corrected chi connectivity index (χ2v) is 5.22. The van der Waals surface area contributed by atoms with Gasteiger partial charge in [-0.3, -0.25) is 0 Å². The van der Waals surface area contributed by atoms with Crippen molar-refractivity contribution in [3.8, 4) is 23.1 Å². The van der Waals surface area contributed by atoms with Gasteiger partial charge in [-0.25, -0.2) is 9.37 Å². The highest BCUT2D eigenvalue weighted by atomic mass is 19.2. The van der Waals surface area contributed by atoms with E-state index in [0.717, 1.165) is 6.07 Å². The Bertz CT molecular complexity index is 1040. The van der Waals surface area contributed by atoms with Crippen LogP contribution in [0.4, 0.5) is 8.78 Å². The first-order valence-electron chi connectivity index (χ1n) is 7.31. The maximum absolute atomic E-state index is 13.6. The van der Waals surface area contributed by atoms with Crippen LogP contribution in [-0.4, -0.2) is 19.7 Å². The minimum absolute atomic E-state index is 0.147. The molecule has 0 aliphatic rings. The van der Waals surface area contributed by atoms with Crippen LogP contribution in [-0.2, 0) is 6.61 Å². The molecule has 3 heterocycles. The zero-order valence-corrected chi connectivity index (χ0v) is 12.7. The van der Waals surface area contributed by atoms with E-state index in [1.54, 1.807) is 18.2 Å². The van der Waals surface area contributed by atoms with Gasteiger partial charge >= 0.3 is 0 Å². The standard InChI is InChI=1S/C17H11F2N3O3/c18-11-3-1-4-14(17(11)19)25-9-10-7-16(23)22-15(20-10)8-12(21-22)13-5-2-6-24-13/h1-8,23H,9H2. The molecule has 0 aliphatic heterocycles. The summed E-state index contributed by atoms with van der Waals surface area (Å²) in [7, 11) is 0. The predicted molar refractivity (Wildman–Crippen MR) is 83.0 cm³/mol. The van der Waals surface area contributed by atoms with E-state index in [0.29, 0.717) is 22.8 Å². The van der Waals surface area contributed by atoms with Crippen LogP contribution in [0.1, 0.15) is 5.69 Å². The van der Waals surface area contributed by atoms with Gasteiger partial charge in [-0.05, 0) is 24.3 Å². The number of benzene rings is 1. The Hall–Kier alpha value is -3.42. The molecule has 25 heavy (non-hydrogen) atoms. The molecule has 1 N–H and O–H groups in total. The fourth-order valence-corrected chi connectivity index (χ4v) is 2.37. The number of halogens is 2. The molecule has 0 fully saturated rings. The molecular weight excluding hydrogens is 332 g/mol. The molecule has 126 valence electrons. The van der Waals surface area contributed by atoms with Gasteiger partial charge in [-0.2, -0.15) is 14.0 Å². The lowest BCUT2D eigenvalue weighted by Gasteiger charge is -2.08. The van der Waals surface area contributed by atoms with Crippen molar-refractivity contribution in [1.82, 2.24) is 14.6 Å². The summed E-state index contributed by atoms with van der Waals surface area (Å²) in [5.41, 5.74) is 1.20. The van der Waals surface area contributed by atoms with Crippen molar-refractivity contribution in [2.24, 2.45) is 0 Å². The minimum Gasteiger partial charge on any atom is -0.493 e. The third-order valence-electron chi connectivity index (χ3n) is 3.53. The van der Waals surface area contributed by atoms with Crippen molar-refractivity contribution >= 4 is 5.65 Å². The van der Waals surface area contributed by atoms with Crippen molar-refractivity contribution in [3.05, 3.63) is 66.1 Å². The topological polar surface area (TPSA) is 72.8 Å². The van der Waals surface area contributed by atoms with Crippen molar-refractivity contribution in [2.45, 2.75) is 6.61 Å². The Kier molecular flexibility index (Phi) is 3.57. The molecular formula is C17H11F2N3O3. The highest BCUT2D eigenvalue weighted by Gasteiger charge is 2.13. The Balaban J connectivity index is 1.63. The number of hydrogen-bond donors (Lipinski definition) is 1. The maximum Gasteiger partial charge on any atom is 0.215 e. The second kappa shape index (κ2) is 5.90. The van der Waals surface area contributed by atoms with E-state index in [2.05, 4.69) is 10.1 Å². The van der Waals surface area contributed by atoms with Gasteiger partial charge in [0.05, 0.1) is 12.0 Å². The van der Waals surface area contributed by atoms with Gasteiger partial charge in [0.25, 0.3) is 0 Å². The quantitative estimate of drug-likeness (QED) is 0.613. The third kappa shape index (κ3) is 2.78. The van der Waals surface area contributed by atoms with Crippen LogP contribution in [0, 0.1) is 11.6 Å². The van der Waals surface area contributed by atoms with E-state index in [1.165, 1.54) is 29.0 Å². The molecule has 4 aromatic rings. The van der Waals surface area contributed by atoms with E-state index < -0.39 is 11.6 Å². The molecule has 4 rings (SSSR count). The van der Waals surface area contributed by atoms with Gasteiger partial charge < -0.3 is 14.3 Å². The summed E-state index contributed by atoms with van der Waals surface area (Å²) in [6.07, 6.45) is 1.51. The maximum atomic E-state index is 13.6.